The van der Waals surface area contributed by atoms with E-state index in [0.29, 0.717) is 13.0 Å². The van der Waals surface area contributed by atoms with Crippen LogP contribution in [0.25, 0.3) is 0 Å². The molecular formula is C10H23N3O2. The van der Waals surface area contributed by atoms with Gasteiger partial charge in [-0.2, -0.15) is 0 Å². The summed E-state index contributed by atoms with van der Waals surface area (Å²) in [6.45, 7) is 2.13. The van der Waals surface area contributed by atoms with E-state index in [9.17, 15) is 4.79 Å². The molecule has 1 amide bonds. The van der Waals surface area contributed by atoms with Gasteiger partial charge in [-0.3, -0.25) is 4.79 Å². The zero-order valence-electron chi connectivity index (χ0n) is 9.95. The van der Waals surface area contributed by atoms with E-state index in [4.69, 9.17) is 10.5 Å². The van der Waals surface area contributed by atoms with Gasteiger partial charge in [0.2, 0.25) is 5.91 Å². The Balaban J connectivity index is 3.87. The Bertz CT molecular complexity index is 176. The van der Waals surface area contributed by atoms with Crippen LogP contribution < -0.4 is 11.1 Å². The van der Waals surface area contributed by atoms with Crippen LogP contribution in [0.1, 0.15) is 12.8 Å². The van der Waals surface area contributed by atoms with Gasteiger partial charge >= 0.3 is 0 Å². The van der Waals surface area contributed by atoms with E-state index in [2.05, 4.69) is 10.2 Å². The van der Waals surface area contributed by atoms with Crippen molar-refractivity contribution in [2.75, 3.05) is 40.9 Å². The van der Waals surface area contributed by atoms with Crippen LogP contribution in [0.5, 0.6) is 0 Å². The second-order valence-corrected chi connectivity index (χ2v) is 3.59. The summed E-state index contributed by atoms with van der Waals surface area (Å²) in [5, 5.41) is 2.61. The van der Waals surface area contributed by atoms with E-state index in [1.54, 1.807) is 14.2 Å². The quantitative estimate of drug-likeness (QED) is 0.534. The maximum atomic E-state index is 11.2. The van der Waals surface area contributed by atoms with Crippen molar-refractivity contribution in [3.63, 3.8) is 0 Å². The van der Waals surface area contributed by atoms with Gasteiger partial charge in [0, 0.05) is 46.3 Å². The van der Waals surface area contributed by atoms with Gasteiger partial charge in [0.1, 0.15) is 0 Å². The van der Waals surface area contributed by atoms with Gasteiger partial charge in [0.15, 0.2) is 0 Å². The van der Waals surface area contributed by atoms with Gasteiger partial charge in [-0.05, 0) is 13.5 Å². The number of carbonyl (C=O) groups is 1. The standard InChI is InChI=1S/C10H23N3O2/c1-12-10(14)7-9(8-11)13(2)5-4-6-15-3/h9H,4-8,11H2,1-3H3,(H,12,14). The largest absolute Gasteiger partial charge is 0.385 e. The fourth-order valence-corrected chi connectivity index (χ4v) is 1.38. The third-order valence-corrected chi connectivity index (χ3v) is 2.45. The van der Waals surface area contributed by atoms with Crippen molar-refractivity contribution in [3.8, 4) is 0 Å². The maximum absolute atomic E-state index is 11.2. The normalized spacial score (nSPS) is 12.9. The van der Waals surface area contributed by atoms with Gasteiger partial charge in [0.25, 0.3) is 0 Å². The third kappa shape index (κ3) is 6.43. The molecule has 0 aliphatic heterocycles. The summed E-state index contributed by atoms with van der Waals surface area (Å²) in [5.41, 5.74) is 5.63. The lowest BCUT2D eigenvalue weighted by molar-refractivity contribution is -0.121. The lowest BCUT2D eigenvalue weighted by Gasteiger charge is -2.26. The number of hydrogen-bond acceptors (Lipinski definition) is 4. The Morgan fingerprint density at radius 1 is 1.60 bits per heavy atom. The van der Waals surface area contributed by atoms with Crippen molar-refractivity contribution < 1.29 is 9.53 Å². The highest BCUT2D eigenvalue weighted by atomic mass is 16.5. The molecule has 5 nitrogen and oxygen atoms in total. The maximum Gasteiger partial charge on any atom is 0.221 e. The number of nitrogens with zero attached hydrogens (tertiary/aromatic N) is 1. The molecule has 15 heavy (non-hydrogen) atoms. The van der Waals surface area contributed by atoms with E-state index >= 15 is 0 Å². The van der Waals surface area contributed by atoms with Crippen LogP contribution in [0.2, 0.25) is 0 Å². The number of ether oxygens (including phenoxy) is 1. The zero-order valence-corrected chi connectivity index (χ0v) is 9.95. The number of nitrogens with one attached hydrogen (secondary N) is 1. The molecule has 1 atom stereocenters. The van der Waals surface area contributed by atoms with Crippen molar-refractivity contribution in [1.82, 2.24) is 10.2 Å². The van der Waals surface area contributed by atoms with Crippen molar-refractivity contribution in [2.24, 2.45) is 5.73 Å². The van der Waals surface area contributed by atoms with E-state index < -0.39 is 0 Å². The summed E-state index contributed by atoms with van der Waals surface area (Å²) >= 11 is 0. The summed E-state index contributed by atoms with van der Waals surface area (Å²) in [4.78, 5) is 13.3. The monoisotopic (exact) mass is 217 g/mol. The molecule has 0 saturated heterocycles. The molecule has 0 radical (unpaired) electrons. The Morgan fingerprint density at radius 2 is 2.27 bits per heavy atom. The average Bonchev–Trinajstić information content (AvgIpc) is 2.25. The predicted molar refractivity (Wildman–Crippen MR) is 60.6 cm³/mol. The predicted octanol–water partition coefficient (Wildman–Crippen LogP) is -0.582. The Hall–Kier alpha value is -0.650. The summed E-state index contributed by atoms with van der Waals surface area (Å²) in [6, 6.07) is 0.113. The Morgan fingerprint density at radius 3 is 2.73 bits per heavy atom. The number of carbonyl (C=O) groups excluding carboxylic acids is 1. The minimum absolute atomic E-state index is 0.0315. The van der Waals surface area contributed by atoms with Crippen LogP contribution in [0.3, 0.4) is 0 Å². The van der Waals surface area contributed by atoms with Gasteiger partial charge in [0.05, 0.1) is 0 Å². The summed E-state index contributed by atoms with van der Waals surface area (Å²) < 4.78 is 4.97. The highest BCUT2D eigenvalue weighted by Crippen LogP contribution is 2.01. The van der Waals surface area contributed by atoms with Gasteiger partial charge in [-0.25, -0.2) is 0 Å². The average molecular weight is 217 g/mol. The second kappa shape index (κ2) is 8.64. The molecule has 0 aliphatic carbocycles. The second-order valence-electron chi connectivity index (χ2n) is 3.59. The molecule has 0 aliphatic rings. The number of likely N-dealkylation sites (N-methyl/N-ethyl adjacent to an activating group) is 1. The van der Waals surface area contributed by atoms with Crippen molar-refractivity contribution in [1.29, 1.82) is 0 Å². The third-order valence-electron chi connectivity index (χ3n) is 2.45. The molecule has 0 heterocycles. The smallest absolute Gasteiger partial charge is 0.221 e. The number of hydrogen-bond donors (Lipinski definition) is 2. The fraction of sp³-hybridized carbons (Fsp3) is 0.900. The van der Waals surface area contributed by atoms with Gasteiger partial charge < -0.3 is 20.7 Å². The molecule has 0 fully saturated rings. The number of methoxy groups -OCH3 is 1. The molecule has 0 aromatic rings. The molecular weight excluding hydrogens is 194 g/mol. The molecule has 3 N–H and O–H groups in total. The van der Waals surface area contributed by atoms with Gasteiger partial charge in [-0.15, -0.1) is 0 Å². The lowest BCUT2D eigenvalue weighted by atomic mass is 10.1. The molecule has 5 heteroatoms. The van der Waals surface area contributed by atoms with E-state index in [1.165, 1.54) is 0 Å². The van der Waals surface area contributed by atoms with Crippen LogP contribution >= 0.6 is 0 Å². The van der Waals surface area contributed by atoms with E-state index in [1.807, 2.05) is 7.05 Å². The topological polar surface area (TPSA) is 67.6 Å². The minimum Gasteiger partial charge on any atom is -0.385 e. The molecule has 0 rings (SSSR count). The molecule has 0 aromatic carbocycles. The molecule has 0 bridgehead atoms. The summed E-state index contributed by atoms with van der Waals surface area (Å²) in [5.74, 6) is 0.0315. The highest BCUT2D eigenvalue weighted by Gasteiger charge is 2.15. The minimum atomic E-state index is 0.0315. The fourth-order valence-electron chi connectivity index (χ4n) is 1.38. The molecule has 0 aromatic heterocycles. The molecule has 1 unspecified atom stereocenters. The van der Waals surface area contributed by atoms with Crippen LogP contribution in [0.15, 0.2) is 0 Å². The number of amides is 1. The first-order valence-electron chi connectivity index (χ1n) is 5.25. The Kier molecular flexibility index (Phi) is 8.27. The lowest BCUT2D eigenvalue weighted by Crippen LogP contribution is -2.42. The molecule has 90 valence electrons. The first-order valence-corrected chi connectivity index (χ1v) is 5.25. The van der Waals surface area contributed by atoms with E-state index in [0.717, 1.165) is 19.6 Å². The first-order chi connectivity index (χ1) is 7.15. The first kappa shape index (κ1) is 14.3. The molecule has 0 saturated carbocycles. The van der Waals surface area contributed by atoms with E-state index in [-0.39, 0.29) is 11.9 Å². The highest BCUT2D eigenvalue weighted by molar-refractivity contribution is 5.76. The zero-order chi connectivity index (χ0) is 11.7. The van der Waals surface area contributed by atoms with Crippen LogP contribution in [-0.4, -0.2) is 57.8 Å². The number of nitrogens with two attached hydrogens (primary N) is 1. The SMILES string of the molecule is CNC(=O)CC(CN)N(C)CCCOC. The van der Waals surface area contributed by atoms with Crippen LogP contribution in [0.4, 0.5) is 0 Å². The van der Waals surface area contributed by atoms with Gasteiger partial charge in [-0.1, -0.05) is 0 Å². The Labute approximate surface area is 91.9 Å². The van der Waals surface area contributed by atoms with Crippen molar-refractivity contribution >= 4 is 5.91 Å². The summed E-state index contributed by atoms with van der Waals surface area (Å²) in [6.07, 6.45) is 1.41. The van der Waals surface area contributed by atoms with Crippen LogP contribution in [0, 0.1) is 0 Å². The van der Waals surface area contributed by atoms with Crippen molar-refractivity contribution in [2.45, 2.75) is 18.9 Å². The number of rotatable bonds is 8. The van der Waals surface area contributed by atoms with Crippen molar-refractivity contribution in [3.05, 3.63) is 0 Å². The molecule has 0 spiro atoms. The summed E-state index contributed by atoms with van der Waals surface area (Å²) in [7, 11) is 5.31. The van der Waals surface area contributed by atoms with Crippen LogP contribution in [-0.2, 0) is 9.53 Å².